The zero-order valence-corrected chi connectivity index (χ0v) is 20.5. The molecule has 0 bridgehead atoms. The summed E-state index contributed by atoms with van der Waals surface area (Å²) in [6.45, 7) is 5.58. The molecule has 3 heterocycles. The van der Waals surface area contributed by atoms with Gasteiger partial charge in [-0.3, -0.25) is 9.78 Å². The number of halogens is 2. The van der Waals surface area contributed by atoms with Gasteiger partial charge in [-0.25, -0.2) is 8.78 Å². The first kappa shape index (κ1) is 24.4. The van der Waals surface area contributed by atoms with Gasteiger partial charge in [0.25, 0.3) is 0 Å². The monoisotopic (exact) mass is 491 g/mol. The number of piperidine rings is 1. The van der Waals surface area contributed by atoms with Crippen molar-refractivity contribution in [3.05, 3.63) is 95.8 Å². The predicted molar refractivity (Wildman–Crippen MR) is 134 cm³/mol. The van der Waals surface area contributed by atoms with Crippen LogP contribution in [0.5, 0.6) is 0 Å². The SMILES string of the molecule is C[C@@H]1CN(C(=O)[C@@H]2CN(c3cccnc3)C[C@H]2c2ccc(F)cc2F)C[C@H](C)C1(O)c1ccccc1. The Balaban J connectivity index is 1.43. The Morgan fingerprint density at radius 1 is 0.972 bits per heavy atom. The van der Waals surface area contributed by atoms with E-state index in [9.17, 15) is 18.7 Å². The van der Waals surface area contributed by atoms with Gasteiger partial charge in [0.1, 0.15) is 11.6 Å². The lowest BCUT2D eigenvalue weighted by Crippen LogP contribution is -2.57. The molecule has 2 fully saturated rings. The second-order valence-electron chi connectivity index (χ2n) is 10.2. The minimum absolute atomic E-state index is 0.0658. The summed E-state index contributed by atoms with van der Waals surface area (Å²) < 4.78 is 28.6. The van der Waals surface area contributed by atoms with Crippen LogP contribution in [0.1, 0.15) is 30.9 Å². The highest BCUT2D eigenvalue weighted by molar-refractivity contribution is 5.82. The van der Waals surface area contributed by atoms with Crippen molar-refractivity contribution in [2.24, 2.45) is 17.8 Å². The molecule has 5 atom stereocenters. The molecule has 1 unspecified atom stereocenters. The number of rotatable bonds is 4. The maximum atomic E-state index is 14.9. The summed E-state index contributed by atoms with van der Waals surface area (Å²) in [6, 6.07) is 16.9. The summed E-state index contributed by atoms with van der Waals surface area (Å²) in [5.74, 6) is -2.66. The second-order valence-corrected chi connectivity index (χ2v) is 10.2. The summed E-state index contributed by atoms with van der Waals surface area (Å²) in [5, 5.41) is 11.7. The molecule has 0 spiro atoms. The molecule has 1 N–H and O–H groups in total. The molecule has 36 heavy (non-hydrogen) atoms. The Hall–Kier alpha value is -3.32. The third-order valence-corrected chi connectivity index (χ3v) is 8.05. The van der Waals surface area contributed by atoms with Crippen molar-refractivity contribution in [2.75, 3.05) is 31.1 Å². The maximum Gasteiger partial charge on any atom is 0.228 e. The molecule has 2 aliphatic heterocycles. The van der Waals surface area contributed by atoms with Crippen LogP contribution in [0.25, 0.3) is 0 Å². The van der Waals surface area contributed by atoms with Gasteiger partial charge in [0.05, 0.1) is 23.4 Å². The third kappa shape index (κ3) is 4.26. The Morgan fingerprint density at radius 3 is 2.33 bits per heavy atom. The summed E-state index contributed by atoms with van der Waals surface area (Å²) in [6.07, 6.45) is 3.42. The quantitative estimate of drug-likeness (QED) is 0.581. The van der Waals surface area contributed by atoms with Crippen molar-refractivity contribution >= 4 is 11.6 Å². The average molecular weight is 492 g/mol. The largest absolute Gasteiger partial charge is 0.384 e. The van der Waals surface area contributed by atoms with Crippen LogP contribution >= 0.6 is 0 Å². The number of aliphatic hydroxyl groups is 1. The molecule has 2 saturated heterocycles. The zero-order valence-electron chi connectivity index (χ0n) is 20.5. The first-order valence-electron chi connectivity index (χ1n) is 12.5. The fourth-order valence-electron chi connectivity index (χ4n) is 6.11. The van der Waals surface area contributed by atoms with E-state index in [4.69, 9.17) is 0 Å². The van der Waals surface area contributed by atoms with Crippen LogP contribution in [-0.2, 0) is 10.4 Å². The number of aromatic nitrogens is 1. The number of hydrogen-bond acceptors (Lipinski definition) is 4. The molecule has 5 rings (SSSR count). The molecular formula is C29H31F2N3O2. The van der Waals surface area contributed by atoms with Crippen molar-refractivity contribution in [3.63, 3.8) is 0 Å². The van der Waals surface area contributed by atoms with E-state index in [1.54, 1.807) is 12.4 Å². The highest BCUT2D eigenvalue weighted by Gasteiger charge is 2.49. The van der Waals surface area contributed by atoms with Gasteiger partial charge in [0.2, 0.25) is 5.91 Å². The average Bonchev–Trinajstić information content (AvgIpc) is 3.32. The van der Waals surface area contributed by atoms with E-state index in [1.807, 2.05) is 66.1 Å². The highest BCUT2D eigenvalue weighted by atomic mass is 19.1. The number of carbonyl (C=O) groups is 1. The van der Waals surface area contributed by atoms with Gasteiger partial charge in [-0.2, -0.15) is 0 Å². The Morgan fingerprint density at radius 2 is 1.69 bits per heavy atom. The number of likely N-dealkylation sites (tertiary alicyclic amines) is 1. The summed E-state index contributed by atoms with van der Waals surface area (Å²) in [7, 11) is 0. The van der Waals surface area contributed by atoms with Crippen LogP contribution in [0, 0.1) is 29.4 Å². The van der Waals surface area contributed by atoms with Gasteiger partial charge in [-0.1, -0.05) is 50.2 Å². The summed E-state index contributed by atoms with van der Waals surface area (Å²) >= 11 is 0. The molecule has 188 valence electrons. The fourth-order valence-corrected chi connectivity index (χ4v) is 6.11. The van der Waals surface area contributed by atoms with Gasteiger partial charge >= 0.3 is 0 Å². The minimum atomic E-state index is -1.04. The smallest absolute Gasteiger partial charge is 0.228 e. The number of benzene rings is 2. The summed E-state index contributed by atoms with van der Waals surface area (Å²) in [4.78, 5) is 22.0. The Kier molecular flexibility index (Phi) is 6.51. The number of anilines is 1. The van der Waals surface area contributed by atoms with Crippen molar-refractivity contribution in [2.45, 2.75) is 25.4 Å². The molecule has 1 amide bonds. The van der Waals surface area contributed by atoms with E-state index >= 15 is 0 Å². The number of nitrogens with zero attached hydrogens (tertiary/aromatic N) is 3. The number of carbonyl (C=O) groups excluding carboxylic acids is 1. The zero-order chi connectivity index (χ0) is 25.4. The lowest BCUT2D eigenvalue weighted by molar-refractivity contribution is -0.152. The van der Waals surface area contributed by atoms with Crippen LogP contribution in [0.4, 0.5) is 14.5 Å². The van der Waals surface area contributed by atoms with Crippen LogP contribution in [0.15, 0.2) is 73.1 Å². The standard InChI is InChI=1S/C29H31F2N3O2/c1-19-15-34(16-20(2)29(19,36)21-7-4-3-5-8-21)28(35)26-18-33(23-9-6-12-32-14-23)17-25(26)24-11-10-22(30)13-27(24)31/h3-14,19-20,25-26,36H,15-18H2,1-2H3/t19-,20+,25-,26+,29?/m0/s1. The van der Waals surface area contributed by atoms with Gasteiger partial charge in [0.15, 0.2) is 0 Å². The van der Waals surface area contributed by atoms with E-state index < -0.39 is 29.1 Å². The number of pyridine rings is 1. The van der Waals surface area contributed by atoms with Gasteiger partial charge < -0.3 is 14.9 Å². The second kappa shape index (κ2) is 9.62. The van der Waals surface area contributed by atoms with Crippen molar-refractivity contribution in [1.82, 2.24) is 9.88 Å². The molecular weight excluding hydrogens is 460 g/mol. The molecule has 3 aromatic rings. The molecule has 2 aromatic carbocycles. The highest BCUT2D eigenvalue weighted by Crippen LogP contribution is 2.43. The van der Waals surface area contributed by atoms with Crippen LogP contribution in [0.3, 0.4) is 0 Å². The normalized spacial score (nSPS) is 28.4. The Labute approximate surface area is 210 Å². The van der Waals surface area contributed by atoms with E-state index in [0.29, 0.717) is 31.7 Å². The van der Waals surface area contributed by atoms with Crippen LogP contribution in [-0.4, -0.2) is 47.1 Å². The molecule has 5 nitrogen and oxygen atoms in total. The molecule has 7 heteroatoms. The Bertz CT molecular complexity index is 1210. The number of amides is 1. The topological polar surface area (TPSA) is 56.7 Å². The number of hydrogen-bond donors (Lipinski definition) is 1. The van der Waals surface area contributed by atoms with Gasteiger partial charge in [0, 0.05) is 56.2 Å². The van der Waals surface area contributed by atoms with Crippen LogP contribution < -0.4 is 4.90 Å². The third-order valence-electron chi connectivity index (χ3n) is 8.05. The first-order valence-corrected chi connectivity index (χ1v) is 12.5. The van der Waals surface area contributed by atoms with E-state index in [1.165, 1.54) is 12.1 Å². The molecule has 0 aliphatic carbocycles. The molecule has 0 saturated carbocycles. The van der Waals surface area contributed by atoms with Gasteiger partial charge in [-0.05, 0) is 29.3 Å². The van der Waals surface area contributed by atoms with E-state index in [0.717, 1.165) is 17.3 Å². The molecule has 1 aromatic heterocycles. The van der Waals surface area contributed by atoms with Crippen molar-refractivity contribution in [1.29, 1.82) is 0 Å². The predicted octanol–water partition coefficient (Wildman–Crippen LogP) is 4.58. The minimum Gasteiger partial charge on any atom is -0.384 e. The van der Waals surface area contributed by atoms with Gasteiger partial charge in [-0.15, -0.1) is 0 Å². The van der Waals surface area contributed by atoms with E-state index in [-0.39, 0.29) is 17.7 Å². The van der Waals surface area contributed by atoms with E-state index in [2.05, 4.69) is 4.98 Å². The molecule has 0 radical (unpaired) electrons. The van der Waals surface area contributed by atoms with Crippen molar-refractivity contribution < 1.29 is 18.7 Å². The lowest BCUT2D eigenvalue weighted by atomic mass is 9.70. The molecule has 2 aliphatic rings. The first-order chi connectivity index (χ1) is 17.3. The summed E-state index contributed by atoms with van der Waals surface area (Å²) in [5.41, 5.74) is 1.02. The fraction of sp³-hybridized carbons (Fsp3) is 0.379. The van der Waals surface area contributed by atoms with Crippen molar-refractivity contribution in [3.8, 4) is 0 Å². The maximum absolute atomic E-state index is 14.9. The lowest BCUT2D eigenvalue weighted by Gasteiger charge is -2.48. The van der Waals surface area contributed by atoms with Crippen LogP contribution in [0.2, 0.25) is 0 Å².